The average Bonchev–Trinajstić information content (AvgIpc) is 3.06. The zero-order valence-corrected chi connectivity index (χ0v) is 15.2. The number of ether oxygens (including phenoxy) is 1. The number of carbonyl (C=O) groups excluding carboxylic acids is 2. The zero-order chi connectivity index (χ0) is 18.8. The summed E-state index contributed by atoms with van der Waals surface area (Å²) in [6.45, 7) is 7.63. The van der Waals surface area contributed by atoms with Gasteiger partial charge in [0.05, 0.1) is 6.61 Å². The molecule has 2 N–H and O–H groups in total. The van der Waals surface area contributed by atoms with Crippen LogP contribution in [0, 0.1) is 12.8 Å². The summed E-state index contributed by atoms with van der Waals surface area (Å²) in [4.78, 5) is 24.2. The van der Waals surface area contributed by atoms with Gasteiger partial charge in [-0.2, -0.15) is 0 Å². The number of hydrogen-bond donors (Lipinski definition) is 2. The molecule has 2 atom stereocenters. The number of carbonyl (C=O) groups is 2. The lowest BCUT2D eigenvalue weighted by Gasteiger charge is -2.31. The fraction of sp³-hybridized carbons (Fsp3) is 0.263. The molecule has 2 amide bonds. The van der Waals surface area contributed by atoms with Gasteiger partial charge in [-0.25, -0.2) is 4.79 Å². The quantitative estimate of drug-likeness (QED) is 0.794. The topological polar surface area (TPSA) is 80.6 Å². The number of benzene rings is 1. The normalized spacial score (nSPS) is 19.7. The maximum absolute atomic E-state index is 12.3. The van der Waals surface area contributed by atoms with Crippen LogP contribution in [0.2, 0.25) is 5.02 Å². The molecular formula is C19H19ClN2O4. The monoisotopic (exact) mass is 374 g/mol. The molecule has 0 bridgehead atoms. The molecule has 7 heteroatoms. The lowest BCUT2D eigenvalue weighted by molar-refractivity contribution is -0.148. The highest BCUT2D eigenvalue weighted by atomic mass is 35.5. The predicted octanol–water partition coefficient (Wildman–Crippen LogP) is 3.96. The predicted molar refractivity (Wildman–Crippen MR) is 97.6 cm³/mol. The van der Waals surface area contributed by atoms with Gasteiger partial charge in [0, 0.05) is 16.3 Å². The van der Waals surface area contributed by atoms with Crippen molar-refractivity contribution in [2.45, 2.75) is 19.9 Å². The summed E-state index contributed by atoms with van der Waals surface area (Å²) in [5.74, 6) is -0.228. The van der Waals surface area contributed by atoms with Gasteiger partial charge in [0.2, 0.25) is 0 Å². The molecule has 6 nitrogen and oxygen atoms in total. The van der Waals surface area contributed by atoms with Gasteiger partial charge in [0.25, 0.3) is 0 Å². The van der Waals surface area contributed by atoms with E-state index in [2.05, 4.69) is 17.2 Å². The second kappa shape index (κ2) is 7.25. The van der Waals surface area contributed by atoms with Crippen LogP contribution in [-0.4, -0.2) is 18.6 Å². The van der Waals surface area contributed by atoms with Gasteiger partial charge in [-0.15, -0.1) is 0 Å². The molecule has 2 unspecified atom stereocenters. The maximum Gasteiger partial charge on any atom is 0.319 e. The van der Waals surface area contributed by atoms with E-state index in [1.165, 1.54) is 0 Å². The summed E-state index contributed by atoms with van der Waals surface area (Å²) >= 11 is 6.18. The Balaban J connectivity index is 1.97. The molecule has 1 aromatic heterocycles. The second-order valence-electron chi connectivity index (χ2n) is 5.95. The molecule has 2 aromatic rings. The van der Waals surface area contributed by atoms with Crippen molar-refractivity contribution < 1.29 is 18.7 Å². The zero-order valence-electron chi connectivity index (χ0n) is 14.5. The Bertz CT molecular complexity index is 874. The molecule has 0 saturated carbocycles. The third-order valence-electron chi connectivity index (χ3n) is 4.28. The third kappa shape index (κ3) is 3.32. The highest BCUT2D eigenvalue weighted by Crippen LogP contribution is 2.35. The van der Waals surface area contributed by atoms with E-state index in [1.807, 2.05) is 19.1 Å². The first-order chi connectivity index (χ1) is 12.4. The Morgan fingerprint density at radius 2 is 2.12 bits per heavy atom. The minimum Gasteiger partial charge on any atom is -0.465 e. The van der Waals surface area contributed by atoms with E-state index in [4.69, 9.17) is 20.8 Å². The van der Waals surface area contributed by atoms with Gasteiger partial charge < -0.3 is 19.8 Å². The number of furan rings is 1. The van der Waals surface area contributed by atoms with Gasteiger partial charge in [-0.3, -0.25) is 4.79 Å². The van der Waals surface area contributed by atoms with E-state index in [0.29, 0.717) is 16.5 Å². The summed E-state index contributed by atoms with van der Waals surface area (Å²) in [6.07, 6.45) is 0. The van der Waals surface area contributed by atoms with Crippen LogP contribution >= 0.6 is 11.6 Å². The van der Waals surface area contributed by atoms with Crippen molar-refractivity contribution in [2.75, 3.05) is 6.61 Å². The van der Waals surface area contributed by atoms with Crippen LogP contribution in [-0.2, 0) is 9.53 Å². The van der Waals surface area contributed by atoms with E-state index in [0.717, 1.165) is 11.1 Å². The first kappa shape index (κ1) is 18.1. The van der Waals surface area contributed by atoms with Crippen molar-refractivity contribution in [1.29, 1.82) is 0 Å². The molecule has 2 heterocycles. The van der Waals surface area contributed by atoms with Gasteiger partial charge in [-0.05, 0) is 37.6 Å². The summed E-state index contributed by atoms with van der Waals surface area (Å²) in [5, 5.41) is 5.86. The van der Waals surface area contributed by atoms with Crippen LogP contribution in [0.15, 0.2) is 47.0 Å². The van der Waals surface area contributed by atoms with Crippen LogP contribution in [0.5, 0.6) is 0 Å². The van der Waals surface area contributed by atoms with Crippen LogP contribution < -0.4 is 10.6 Å². The van der Waals surface area contributed by atoms with Gasteiger partial charge in [0.1, 0.15) is 23.5 Å². The Morgan fingerprint density at radius 1 is 1.35 bits per heavy atom. The second-order valence-corrected chi connectivity index (χ2v) is 6.35. The van der Waals surface area contributed by atoms with Crippen molar-refractivity contribution in [3.8, 4) is 11.3 Å². The summed E-state index contributed by atoms with van der Waals surface area (Å²) in [6, 6.07) is 7.90. The summed E-state index contributed by atoms with van der Waals surface area (Å²) in [5.41, 5.74) is 2.00. The van der Waals surface area contributed by atoms with Gasteiger partial charge in [0.15, 0.2) is 0 Å². The Kier molecular flexibility index (Phi) is 5.04. The molecule has 136 valence electrons. The van der Waals surface area contributed by atoms with E-state index in [1.54, 1.807) is 25.1 Å². The van der Waals surface area contributed by atoms with Crippen molar-refractivity contribution >= 4 is 23.6 Å². The lowest BCUT2D eigenvalue weighted by Crippen LogP contribution is -2.51. The Labute approximate surface area is 156 Å². The summed E-state index contributed by atoms with van der Waals surface area (Å²) < 4.78 is 11.1. The Hall–Kier alpha value is -2.73. The summed E-state index contributed by atoms with van der Waals surface area (Å²) in [7, 11) is 0. The number of amides is 2. The molecule has 1 fully saturated rings. The molecule has 1 aliphatic heterocycles. The van der Waals surface area contributed by atoms with Crippen LogP contribution in [0.3, 0.4) is 0 Å². The number of hydrogen-bond acceptors (Lipinski definition) is 4. The minimum atomic E-state index is -0.785. The van der Waals surface area contributed by atoms with Crippen molar-refractivity contribution in [3.05, 3.63) is 59.0 Å². The minimum absolute atomic E-state index is 0.231. The molecule has 0 radical (unpaired) electrons. The number of halogens is 1. The molecule has 3 rings (SSSR count). The smallest absolute Gasteiger partial charge is 0.319 e. The maximum atomic E-state index is 12.3. The third-order valence-corrected chi connectivity index (χ3v) is 4.69. The van der Waals surface area contributed by atoms with E-state index >= 15 is 0 Å². The lowest BCUT2D eigenvalue weighted by atomic mass is 9.93. The first-order valence-corrected chi connectivity index (χ1v) is 8.58. The first-order valence-electron chi connectivity index (χ1n) is 8.20. The molecule has 1 saturated heterocycles. The standard InChI is InChI=1S/C19H19ClN2O4/c1-4-25-18(23)16-11(3)21-19(24)22-17(16)15-9-8-14(26-15)12-6-5-7-13(20)10(12)2/h5-9,16-17H,3-4H2,1-2H3,(H2,21,22,24). The number of esters is 1. The highest BCUT2D eigenvalue weighted by molar-refractivity contribution is 6.31. The number of urea groups is 1. The SMILES string of the molecule is C=C1NC(=O)NC(c2ccc(-c3cccc(Cl)c3C)o2)C1C(=O)OCC. The fourth-order valence-corrected chi connectivity index (χ4v) is 3.14. The van der Waals surface area contributed by atoms with Crippen molar-refractivity contribution in [3.63, 3.8) is 0 Å². The molecule has 26 heavy (non-hydrogen) atoms. The van der Waals surface area contributed by atoms with Gasteiger partial charge >= 0.3 is 12.0 Å². The van der Waals surface area contributed by atoms with Crippen LogP contribution in [0.1, 0.15) is 24.3 Å². The molecule has 0 spiro atoms. The van der Waals surface area contributed by atoms with E-state index < -0.39 is 24.0 Å². The van der Waals surface area contributed by atoms with Crippen LogP contribution in [0.25, 0.3) is 11.3 Å². The number of nitrogens with one attached hydrogen (secondary N) is 2. The Morgan fingerprint density at radius 3 is 2.85 bits per heavy atom. The van der Waals surface area contributed by atoms with Crippen molar-refractivity contribution in [2.24, 2.45) is 5.92 Å². The van der Waals surface area contributed by atoms with E-state index in [9.17, 15) is 9.59 Å². The van der Waals surface area contributed by atoms with Gasteiger partial charge in [-0.1, -0.05) is 30.3 Å². The number of rotatable bonds is 4. The average molecular weight is 375 g/mol. The van der Waals surface area contributed by atoms with E-state index in [-0.39, 0.29) is 12.3 Å². The van der Waals surface area contributed by atoms with Crippen LogP contribution in [0.4, 0.5) is 4.79 Å². The molecule has 0 aliphatic carbocycles. The molecule has 1 aliphatic rings. The molecule has 1 aromatic carbocycles. The largest absolute Gasteiger partial charge is 0.465 e. The molecular weight excluding hydrogens is 356 g/mol. The van der Waals surface area contributed by atoms with Crippen molar-refractivity contribution in [1.82, 2.24) is 10.6 Å². The highest BCUT2D eigenvalue weighted by Gasteiger charge is 2.40. The fourth-order valence-electron chi connectivity index (χ4n) is 2.97.